The molecule has 0 saturated heterocycles. The van der Waals surface area contributed by atoms with Gasteiger partial charge >= 0.3 is 0 Å². The molecule has 0 N–H and O–H groups in total. The zero-order valence-corrected chi connectivity index (χ0v) is 12.5. The molecule has 0 aliphatic rings. The van der Waals surface area contributed by atoms with Crippen molar-refractivity contribution in [1.82, 2.24) is 4.98 Å². The molecule has 1 aromatic heterocycles. The fourth-order valence-electron chi connectivity index (χ4n) is 1.44. The van der Waals surface area contributed by atoms with Crippen LogP contribution in [0.1, 0.15) is 16.1 Å². The summed E-state index contributed by atoms with van der Waals surface area (Å²) >= 11 is 6.81. The standard InChI is InChI=1S/C14H9Br2NO/c15-11-7-10(8-12(16)9-11)4-5-14(18)13-3-1-2-6-17-13/h1-9H/b5-4+. The summed E-state index contributed by atoms with van der Waals surface area (Å²) in [6, 6.07) is 11.1. The van der Waals surface area contributed by atoms with Crippen molar-refractivity contribution >= 4 is 43.7 Å². The summed E-state index contributed by atoms with van der Waals surface area (Å²) in [5.74, 6) is -0.105. The highest BCUT2D eigenvalue weighted by Gasteiger charge is 2.01. The molecular weight excluding hydrogens is 358 g/mol. The van der Waals surface area contributed by atoms with E-state index in [2.05, 4.69) is 36.8 Å². The number of pyridine rings is 1. The Morgan fingerprint density at radius 1 is 1.11 bits per heavy atom. The second-order valence-corrected chi connectivity index (χ2v) is 5.45. The van der Waals surface area contributed by atoms with Crippen LogP contribution in [0.3, 0.4) is 0 Å². The Bertz CT molecular complexity index is 574. The molecule has 0 radical (unpaired) electrons. The molecule has 1 aromatic carbocycles. The minimum Gasteiger partial charge on any atom is -0.288 e. The van der Waals surface area contributed by atoms with E-state index < -0.39 is 0 Å². The molecule has 0 bridgehead atoms. The Labute approximate surface area is 122 Å². The van der Waals surface area contributed by atoms with E-state index >= 15 is 0 Å². The van der Waals surface area contributed by atoms with Gasteiger partial charge in [0.25, 0.3) is 0 Å². The molecule has 0 fully saturated rings. The van der Waals surface area contributed by atoms with E-state index in [0.29, 0.717) is 5.69 Å². The number of rotatable bonds is 3. The summed E-state index contributed by atoms with van der Waals surface area (Å²) in [6.07, 6.45) is 4.90. The summed E-state index contributed by atoms with van der Waals surface area (Å²) in [5, 5.41) is 0. The number of ketones is 1. The highest BCUT2D eigenvalue weighted by atomic mass is 79.9. The van der Waals surface area contributed by atoms with Gasteiger partial charge in [-0.1, -0.05) is 44.0 Å². The summed E-state index contributed by atoms with van der Waals surface area (Å²) in [6.45, 7) is 0. The Hall–Kier alpha value is -1.26. The predicted molar refractivity (Wildman–Crippen MR) is 79.4 cm³/mol. The number of hydrogen-bond donors (Lipinski definition) is 0. The lowest BCUT2D eigenvalue weighted by atomic mass is 10.1. The van der Waals surface area contributed by atoms with Gasteiger partial charge in [-0.15, -0.1) is 0 Å². The topological polar surface area (TPSA) is 30.0 Å². The molecule has 0 aliphatic carbocycles. The number of carbonyl (C=O) groups is 1. The Morgan fingerprint density at radius 3 is 2.44 bits per heavy atom. The first-order valence-corrected chi connectivity index (χ1v) is 6.83. The Kier molecular flexibility index (Phi) is 4.44. The molecule has 0 atom stereocenters. The number of aromatic nitrogens is 1. The molecule has 0 spiro atoms. The van der Waals surface area contributed by atoms with Crippen LogP contribution in [-0.2, 0) is 0 Å². The Balaban J connectivity index is 2.18. The third-order valence-corrected chi connectivity index (χ3v) is 3.15. The second-order valence-electron chi connectivity index (χ2n) is 3.62. The van der Waals surface area contributed by atoms with E-state index in [4.69, 9.17) is 0 Å². The molecule has 0 aliphatic heterocycles. The largest absolute Gasteiger partial charge is 0.288 e. The van der Waals surface area contributed by atoms with Crippen molar-refractivity contribution in [3.8, 4) is 0 Å². The molecule has 18 heavy (non-hydrogen) atoms. The summed E-state index contributed by atoms with van der Waals surface area (Å²) in [7, 11) is 0. The fraction of sp³-hybridized carbons (Fsp3) is 0. The van der Waals surface area contributed by atoms with Gasteiger partial charge in [0, 0.05) is 15.1 Å². The second kappa shape index (κ2) is 6.07. The number of benzene rings is 1. The van der Waals surface area contributed by atoms with Crippen molar-refractivity contribution in [2.24, 2.45) is 0 Å². The van der Waals surface area contributed by atoms with Crippen LogP contribution >= 0.6 is 31.9 Å². The summed E-state index contributed by atoms with van der Waals surface area (Å²) < 4.78 is 1.92. The van der Waals surface area contributed by atoms with Gasteiger partial charge in [-0.2, -0.15) is 0 Å². The van der Waals surface area contributed by atoms with Crippen LogP contribution in [0.4, 0.5) is 0 Å². The van der Waals surface area contributed by atoms with E-state index in [-0.39, 0.29) is 5.78 Å². The molecule has 0 amide bonds. The lowest BCUT2D eigenvalue weighted by molar-refractivity contribution is 0.104. The van der Waals surface area contributed by atoms with E-state index in [0.717, 1.165) is 14.5 Å². The molecule has 4 heteroatoms. The zero-order valence-electron chi connectivity index (χ0n) is 9.31. The van der Waals surface area contributed by atoms with Crippen LogP contribution in [0.2, 0.25) is 0 Å². The van der Waals surface area contributed by atoms with Gasteiger partial charge < -0.3 is 0 Å². The lowest BCUT2D eigenvalue weighted by Crippen LogP contribution is -1.96. The van der Waals surface area contributed by atoms with E-state index in [1.165, 1.54) is 6.08 Å². The molecule has 0 unspecified atom stereocenters. The van der Waals surface area contributed by atoms with Crippen LogP contribution in [0.15, 0.2) is 57.6 Å². The highest BCUT2D eigenvalue weighted by molar-refractivity contribution is 9.11. The maximum Gasteiger partial charge on any atom is 0.204 e. The minimum atomic E-state index is -0.105. The van der Waals surface area contributed by atoms with Gasteiger partial charge in [-0.3, -0.25) is 9.78 Å². The van der Waals surface area contributed by atoms with Crippen LogP contribution in [0.25, 0.3) is 6.08 Å². The van der Waals surface area contributed by atoms with E-state index in [1.54, 1.807) is 30.5 Å². The first-order chi connectivity index (χ1) is 8.65. The van der Waals surface area contributed by atoms with Crippen LogP contribution < -0.4 is 0 Å². The zero-order chi connectivity index (χ0) is 13.0. The number of nitrogens with zero attached hydrogens (tertiary/aromatic N) is 1. The molecule has 2 rings (SSSR count). The fourth-order valence-corrected chi connectivity index (χ4v) is 2.77. The van der Waals surface area contributed by atoms with Crippen molar-refractivity contribution in [3.63, 3.8) is 0 Å². The highest BCUT2D eigenvalue weighted by Crippen LogP contribution is 2.21. The van der Waals surface area contributed by atoms with Crippen molar-refractivity contribution in [3.05, 3.63) is 68.9 Å². The third-order valence-electron chi connectivity index (χ3n) is 2.23. The molecule has 1 heterocycles. The maximum absolute atomic E-state index is 11.8. The van der Waals surface area contributed by atoms with Crippen molar-refractivity contribution in [2.75, 3.05) is 0 Å². The van der Waals surface area contributed by atoms with E-state index in [1.807, 2.05) is 18.2 Å². The summed E-state index contributed by atoms with van der Waals surface area (Å²) in [5.41, 5.74) is 1.39. The predicted octanol–water partition coefficient (Wildman–Crippen LogP) is 4.50. The van der Waals surface area contributed by atoms with Crippen molar-refractivity contribution in [1.29, 1.82) is 0 Å². The van der Waals surface area contributed by atoms with Crippen molar-refractivity contribution < 1.29 is 4.79 Å². The monoisotopic (exact) mass is 365 g/mol. The summed E-state index contributed by atoms with van der Waals surface area (Å²) in [4.78, 5) is 15.8. The Morgan fingerprint density at radius 2 is 1.83 bits per heavy atom. The number of carbonyl (C=O) groups excluding carboxylic acids is 1. The first-order valence-electron chi connectivity index (χ1n) is 5.25. The molecule has 0 saturated carbocycles. The smallest absolute Gasteiger partial charge is 0.204 e. The van der Waals surface area contributed by atoms with Gasteiger partial charge in [0.2, 0.25) is 5.78 Å². The molecule has 2 nitrogen and oxygen atoms in total. The van der Waals surface area contributed by atoms with Crippen LogP contribution in [-0.4, -0.2) is 10.8 Å². The third kappa shape index (κ3) is 3.62. The average molecular weight is 367 g/mol. The molecule has 90 valence electrons. The normalized spacial score (nSPS) is 10.8. The first kappa shape index (κ1) is 13.2. The van der Waals surface area contributed by atoms with Crippen molar-refractivity contribution in [2.45, 2.75) is 0 Å². The van der Waals surface area contributed by atoms with Gasteiger partial charge in [0.1, 0.15) is 5.69 Å². The average Bonchev–Trinajstić information content (AvgIpc) is 2.36. The van der Waals surface area contributed by atoms with Gasteiger partial charge in [-0.05, 0) is 42.0 Å². The SMILES string of the molecule is O=C(/C=C/c1cc(Br)cc(Br)c1)c1ccccn1. The van der Waals surface area contributed by atoms with Gasteiger partial charge in [0.15, 0.2) is 0 Å². The number of halogens is 2. The van der Waals surface area contributed by atoms with Gasteiger partial charge in [0.05, 0.1) is 0 Å². The van der Waals surface area contributed by atoms with Gasteiger partial charge in [-0.25, -0.2) is 0 Å². The quantitative estimate of drug-likeness (QED) is 0.591. The molecular formula is C14H9Br2NO. The molecule has 2 aromatic rings. The van der Waals surface area contributed by atoms with Crippen LogP contribution in [0, 0.1) is 0 Å². The maximum atomic E-state index is 11.8. The number of allylic oxidation sites excluding steroid dienone is 1. The number of hydrogen-bond acceptors (Lipinski definition) is 2. The lowest BCUT2D eigenvalue weighted by Gasteiger charge is -1.97. The minimum absolute atomic E-state index is 0.105. The van der Waals surface area contributed by atoms with E-state index in [9.17, 15) is 4.79 Å². The van der Waals surface area contributed by atoms with Crippen LogP contribution in [0.5, 0.6) is 0 Å².